The number of carbonyl (C=O) groups is 1. The fourth-order valence-corrected chi connectivity index (χ4v) is 3.37. The molecule has 1 N–H and O–H groups in total. The summed E-state index contributed by atoms with van der Waals surface area (Å²) in [7, 11) is 3.35. The number of esters is 1. The molecule has 0 fully saturated rings. The standard InChI is InChI=1S/C20H20Cl2N4O3/c1-4-29-20(28)18-15(11-26(3)24-18)17(12-5-7-13(21)8-6-12)23-14-9-16(22)19(27)25(2)10-14/h5-11,17,23H,4H2,1-3H3. The lowest BCUT2D eigenvalue weighted by molar-refractivity contribution is 0.0517. The highest BCUT2D eigenvalue weighted by molar-refractivity contribution is 6.30. The molecule has 2 heterocycles. The molecule has 9 heteroatoms. The molecule has 152 valence electrons. The van der Waals surface area contributed by atoms with Crippen LogP contribution in [0.4, 0.5) is 5.69 Å². The van der Waals surface area contributed by atoms with Crippen molar-refractivity contribution in [1.29, 1.82) is 0 Å². The lowest BCUT2D eigenvalue weighted by atomic mass is 9.98. The Morgan fingerprint density at radius 2 is 1.90 bits per heavy atom. The van der Waals surface area contributed by atoms with E-state index in [1.54, 1.807) is 56.3 Å². The van der Waals surface area contributed by atoms with Gasteiger partial charge in [-0.25, -0.2) is 4.79 Å². The molecule has 0 bridgehead atoms. The van der Waals surface area contributed by atoms with Crippen LogP contribution in [0, 0.1) is 0 Å². The van der Waals surface area contributed by atoms with Crippen LogP contribution >= 0.6 is 23.2 Å². The summed E-state index contributed by atoms with van der Waals surface area (Å²) in [6, 6.07) is 8.32. The number of hydrogen-bond donors (Lipinski definition) is 1. The third-order valence-corrected chi connectivity index (χ3v) is 4.81. The highest BCUT2D eigenvalue weighted by Crippen LogP contribution is 2.30. The van der Waals surface area contributed by atoms with Gasteiger partial charge < -0.3 is 14.6 Å². The Morgan fingerprint density at radius 3 is 2.52 bits per heavy atom. The van der Waals surface area contributed by atoms with E-state index < -0.39 is 12.0 Å². The van der Waals surface area contributed by atoms with E-state index in [9.17, 15) is 9.59 Å². The molecule has 1 atom stereocenters. The van der Waals surface area contributed by atoms with E-state index in [0.717, 1.165) is 5.56 Å². The maximum absolute atomic E-state index is 12.5. The van der Waals surface area contributed by atoms with E-state index in [1.807, 2.05) is 12.1 Å². The normalized spacial score (nSPS) is 11.9. The zero-order valence-electron chi connectivity index (χ0n) is 16.1. The molecule has 0 aliphatic carbocycles. The van der Waals surface area contributed by atoms with Crippen molar-refractivity contribution in [3.63, 3.8) is 0 Å². The Kier molecular flexibility index (Phi) is 6.30. The zero-order valence-corrected chi connectivity index (χ0v) is 17.7. The minimum absolute atomic E-state index is 0.0872. The zero-order chi connectivity index (χ0) is 21.1. The summed E-state index contributed by atoms with van der Waals surface area (Å²) in [6.45, 7) is 1.98. The quantitative estimate of drug-likeness (QED) is 0.596. The van der Waals surface area contributed by atoms with Gasteiger partial charge in [0, 0.05) is 37.1 Å². The average molecular weight is 435 g/mol. The first-order valence-corrected chi connectivity index (χ1v) is 9.64. The van der Waals surface area contributed by atoms with Crippen molar-refractivity contribution in [2.24, 2.45) is 14.1 Å². The molecule has 0 radical (unpaired) electrons. The summed E-state index contributed by atoms with van der Waals surface area (Å²) in [5.74, 6) is -0.512. The molecule has 1 aromatic carbocycles. The highest BCUT2D eigenvalue weighted by atomic mass is 35.5. The first kappa shape index (κ1) is 21.0. The SMILES string of the molecule is CCOC(=O)c1nn(C)cc1C(Nc1cc(Cl)c(=O)n(C)c1)c1ccc(Cl)cc1. The van der Waals surface area contributed by atoms with Crippen molar-refractivity contribution < 1.29 is 9.53 Å². The van der Waals surface area contributed by atoms with Crippen molar-refractivity contribution >= 4 is 34.9 Å². The molecule has 0 aliphatic rings. The molecule has 2 aromatic heterocycles. The third kappa shape index (κ3) is 4.63. The Labute approximate surface area is 177 Å². The maximum Gasteiger partial charge on any atom is 0.359 e. The summed E-state index contributed by atoms with van der Waals surface area (Å²) in [4.78, 5) is 24.4. The Balaban J connectivity index is 2.11. The molecule has 3 rings (SSSR count). The average Bonchev–Trinajstić information content (AvgIpc) is 3.06. The minimum atomic E-state index is -0.512. The number of pyridine rings is 1. The number of ether oxygens (including phenoxy) is 1. The molecule has 0 saturated carbocycles. The third-order valence-electron chi connectivity index (χ3n) is 4.29. The van der Waals surface area contributed by atoms with Crippen LogP contribution in [0.3, 0.4) is 0 Å². The lowest BCUT2D eigenvalue weighted by Crippen LogP contribution is -2.20. The van der Waals surface area contributed by atoms with Gasteiger partial charge in [0.2, 0.25) is 0 Å². The molecule has 0 saturated heterocycles. The first-order valence-electron chi connectivity index (χ1n) is 8.89. The summed E-state index contributed by atoms with van der Waals surface area (Å²) in [6.07, 6.45) is 3.39. The number of aromatic nitrogens is 3. The van der Waals surface area contributed by atoms with Gasteiger partial charge in [0.1, 0.15) is 5.02 Å². The minimum Gasteiger partial charge on any atom is -0.461 e. The second-order valence-electron chi connectivity index (χ2n) is 6.45. The number of benzene rings is 1. The summed E-state index contributed by atoms with van der Waals surface area (Å²) in [5.41, 5.74) is 1.98. The van der Waals surface area contributed by atoms with Gasteiger partial charge in [-0.05, 0) is 30.7 Å². The summed E-state index contributed by atoms with van der Waals surface area (Å²) in [5, 5.41) is 8.30. The number of carbonyl (C=O) groups excluding carboxylic acids is 1. The van der Waals surface area contributed by atoms with E-state index in [-0.39, 0.29) is 22.9 Å². The van der Waals surface area contributed by atoms with Gasteiger partial charge in [-0.2, -0.15) is 5.10 Å². The van der Waals surface area contributed by atoms with Gasteiger partial charge in [-0.1, -0.05) is 35.3 Å². The molecule has 0 spiro atoms. The van der Waals surface area contributed by atoms with E-state index in [1.165, 1.54) is 4.57 Å². The Morgan fingerprint density at radius 1 is 1.21 bits per heavy atom. The molecular formula is C20H20Cl2N4O3. The van der Waals surface area contributed by atoms with E-state index in [4.69, 9.17) is 27.9 Å². The van der Waals surface area contributed by atoms with Gasteiger partial charge in [-0.15, -0.1) is 0 Å². The Hall–Kier alpha value is -2.77. The predicted octanol–water partition coefficient (Wildman–Crippen LogP) is 3.80. The first-order chi connectivity index (χ1) is 13.8. The van der Waals surface area contributed by atoms with Crippen molar-refractivity contribution in [2.75, 3.05) is 11.9 Å². The van der Waals surface area contributed by atoms with Crippen LogP contribution in [-0.2, 0) is 18.8 Å². The topological polar surface area (TPSA) is 78.2 Å². The molecule has 0 amide bonds. The van der Waals surface area contributed by atoms with Crippen LogP contribution in [0.2, 0.25) is 10.0 Å². The molecule has 3 aromatic rings. The number of nitrogens with one attached hydrogen (secondary N) is 1. The second-order valence-corrected chi connectivity index (χ2v) is 7.29. The van der Waals surface area contributed by atoms with E-state index >= 15 is 0 Å². The van der Waals surface area contributed by atoms with Crippen molar-refractivity contribution in [2.45, 2.75) is 13.0 Å². The van der Waals surface area contributed by atoms with E-state index in [2.05, 4.69) is 10.4 Å². The number of anilines is 1. The molecular weight excluding hydrogens is 415 g/mol. The Bertz CT molecular complexity index is 1060. The van der Waals surface area contributed by atoms with Gasteiger partial charge >= 0.3 is 5.97 Å². The summed E-state index contributed by atoms with van der Waals surface area (Å²) < 4.78 is 8.10. The van der Waals surface area contributed by atoms with Crippen LogP contribution < -0.4 is 10.9 Å². The van der Waals surface area contributed by atoms with Crippen molar-refractivity contribution in [1.82, 2.24) is 14.3 Å². The molecule has 7 nitrogen and oxygen atoms in total. The second kappa shape index (κ2) is 8.71. The fourth-order valence-electron chi connectivity index (χ4n) is 2.99. The van der Waals surface area contributed by atoms with Crippen LogP contribution in [0.5, 0.6) is 0 Å². The monoisotopic (exact) mass is 434 g/mol. The number of halogens is 2. The van der Waals surface area contributed by atoms with Gasteiger partial charge in [0.15, 0.2) is 5.69 Å². The number of hydrogen-bond acceptors (Lipinski definition) is 5. The number of rotatable bonds is 6. The van der Waals surface area contributed by atoms with Gasteiger partial charge in [-0.3, -0.25) is 9.48 Å². The van der Waals surface area contributed by atoms with Crippen LogP contribution in [0.15, 0.2) is 47.5 Å². The van der Waals surface area contributed by atoms with Gasteiger partial charge in [0.05, 0.1) is 18.3 Å². The highest BCUT2D eigenvalue weighted by Gasteiger charge is 2.26. The maximum atomic E-state index is 12.5. The van der Waals surface area contributed by atoms with Crippen molar-refractivity contribution in [3.05, 3.63) is 79.9 Å². The van der Waals surface area contributed by atoms with Crippen molar-refractivity contribution in [3.8, 4) is 0 Å². The predicted molar refractivity (Wildman–Crippen MR) is 113 cm³/mol. The lowest BCUT2D eigenvalue weighted by Gasteiger charge is -2.21. The number of nitrogens with zero attached hydrogens (tertiary/aromatic N) is 3. The van der Waals surface area contributed by atoms with Crippen LogP contribution in [-0.4, -0.2) is 26.9 Å². The van der Waals surface area contributed by atoms with Crippen LogP contribution in [0.1, 0.15) is 34.6 Å². The van der Waals surface area contributed by atoms with E-state index in [0.29, 0.717) is 16.3 Å². The van der Waals surface area contributed by atoms with Crippen LogP contribution in [0.25, 0.3) is 0 Å². The molecule has 0 aliphatic heterocycles. The fraction of sp³-hybridized carbons (Fsp3) is 0.250. The summed E-state index contributed by atoms with van der Waals surface area (Å²) >= 11 is 12.1. The number of aryl methyl sites for hydroxylation is 2. The smallest absolute Gasteiger partial charge is 0.359 e. The van der Waals surface area contributed by atoms with Gasteiger partial charge in [0.25, 0.3) is 5.56 Å². The molecule has 1 unspecified atom stereocenters. The molecule has 29 heavy (non-hydrogen) atoms. The largest absolute Gasteiger partial charge is 0.461 e.